The van der Waals surface area contributed by atoms with Gasteiger partial charge < -0.3 is 10.1 Å². The van der Waals surface area contributed by atoms with Crippen LogP contribution in [0.5, 0.6) is 0 Å². The molecule has 21 heavy (non-hydrogen) atoms. The average Bonchev–Trinajstić information content (AvgIpc) is 3.06. The maximum absolute atomic E-state index is 11.3. The minimum atomic E-state index is -0.237. The molecule has 1 saturated carbocycles. The Bertz CT molecular complexity index is 465. The van der Waals surface area contributed by atoms with E-state index >= 15 is 0 Å². The van der Waals surface area contributed by atoms with Gasteiger partial charge in [-0.1, -0.05) is 26.7 Å². The Hall–Kier alpha value is -1.10. The van der Waals surface area contributed by atoms with Gasteiger partial charge in [-0.3, -0.25) is 4.79 Å². The number of nitrogens with one attached hydrogen (secondary N) is 1. The molecule has 0 atom stereocenters. The summed E-state index contributed by atoms with van der Waals surface area (Å²) < 4.78 is 4.67. The van der Waals surface area contributed by atoms with E-state index in [9.17, 15) is 4.79 Å². The minimum absolute atomic E-state index is 0.237. The number of thiazole rings is 1. The molecule has 5 heteroatoms. The molecule has 0 radical (unpaired) electrons. The predicted molar refractivity (Wildman–Crippen MR) is 86.7 cm³/mol. The van der Waals surface area contributed by atoms with Gasteiger partial charge in [-0.2, -0.15) is 0 Å². The summed E-state index contributed by atoms with van der Waals surface area (Å²) in [7, 11) is 1.41. The monoisotopic (exact) mass is 310 g/mol. The first-order chi connectivity index (χ1) is 10.0. The number of methoxy groups -OCH3 is 1. The van der Waals surface area contributed by atoms with Crippen molar-refractivity contribution in [2.24, 2.45) is 11.3 Å². The van der Waals surface area contributed by atoms with Crippen molar-refractivity contribution in [3.8, 4) is 0 Å². The highest BCUT2D eigenvalue weighted by atomic mass is 32.1. The Balaban J connectivity index is 1.90. The number of nitrogens with zero attached hydrogens (tertiary/aromatic N) is 1. The van der Waals surface area contributed by atoms with Crippen LogP contribution < -0.4 is 5.32 Å². The first-order valence-electron chi connectivity index (χ1n) is 7.78. The average molecular weight is 310 g/mol. The van der Waals surface area contributed by atoms with Crippen molar-refractivity contribution < 1.29 is 9.53 Å². The molecule has 0 saturated heterocycles. The molecule has 1 fully saturated rings. The summed E-state index contributed by atoms with van der Waals surface area (Å²) in [6.07, 6.45) is 6.86. The molecule has 0 bridgehead atoms. The standard InChI is InChI=1S/C16H26N2O2S/c1-12(2)9-16(6-4-5-7-16)11-17-15-18-13(10-21-15)8-14(19)20-3/h10,12H,4-9,11H2,1-3H3,(H,17,18). The molecule has 1 N–H and O–H groups in total. The van der Waals surface area contributed by atoms with Gasteiger partial charge >= 0.3 is 5.97 Å². The molecule has 0 unspecified atom stereocenters. The van der Waals surface area contributed by atoms with Gasteiger partial charge in [-0.05, 0) is 30.6 Å². The number of ether oxygens (including phenoxy) is 1. The van der Waals surface area contributed by atoms with E-state index in [1.807, 2.05) is 5.38 Å². The lowest BCUT2D eigenvalue weighted by Gasteiger charge is -2.31. The highest BCUT2D eigenvalue weighted by Crippen LogP contribution is 2.43. The van der Waals surface area contributed by atoms with Gasteiger partial charge in [0.15, 0.2) is 5.13 Å². The van der Waals surface area contributed by atoms with Crippen LogP contribution in [0.15, 0.2) is 5.38 Å². The fourth-order valence-electron chi connectivity index (χ4n) is 3.40. The van der Waals surface area contributed by atoms with Crippen LogP contribution in [0.2, 0.25) is 0 Å². The summed E-state index contributed by atoms with van der Waals surface area (Å²) in [6, 6.07) is 0. The molecule has 1 heterocycles. The topological polar surface area (TPSA) is 51.2 Å². The quantitative estimate of drug-likeness (QED) is 0.777. The van der Waals surface area contributed by atoms with Crippen molar-refractivity contribution in [2.75, 3.05) is 19.0 Å². The molecule has 0 aromatic carbocycles. The summed E-state index contributed by atoms with van der Waals surface area (Å²) in [5.41, 5.74) is 1.22. The van der Waals surface area contributed by atoms with Crippen molar-refractivity contribution in [3.63, 3.8) is 0 Å². The lowest BCUT2D eigenvalue weighted by Crippen LogP contribution is -2.28. The van der Waals surface area contributed by atoms with E-state index in [0.717, 1.165) is 23.3 Å². The number of hydrogen-bond acceptors (Lipinski definition) is 5. The van der Waals surface area contributed by atoms with Crippen LogP contribution in [0.1, 0.15) is 51.6 Å². The Morgan fingerprint density at radius 3 is 2.81 bits per heavy atom. The molecule has 118 valence electrons. The Morgan fingerprint density at radius 2 is 2.19 bits per heavy atom. The van der Waals surface area contributed by atoms with E-state index in [-0.39, 0.29) is 12.4 Å². The molecule has 1 aliphatic rings. The first kappa shape index (κ1) is 16.3. The second-order valence-corrected chi connectivity index (χ2v) is 7.41. The molecule has 0 amide bonds. The summed E-state index contributed by atoms with van der Waals surface area (Å²) in [5, 5.41) is 6.35. The third kappa shape index (κ3) is 4.70. The van der Waals surface area contributed by atoms with Crippen molar-refractivity contribution >= 4 is 22.4 Å². The smallest absolute Gasteiger partial charge is 0.311 e. The molecule has 1 aliphatic carbocycles. The predicted octanol–water partition coefficient (Wildman–Crippen LogP) is 3.88. The second-order valence-electron chi connectivity index (χ2n) is 6.56. The third-order valence-corrected chi connectivity index (χ3v) is 5.07. The zero-order chi connectivity index (χ0) is 15.3. The van der Waals surface area contributed by atoms with Crippen molar-refractivity contribution in [3.05, 3.63) is 11.1 Å². The lowest BCUT2D eigenvalue weighted by molar-refractivity contribution is -0.139. The molecule has 0 aliphatic heterocycles. The van der Waals surface area contributed by atoms with E-state index < -0.39 is 0 Å². The zero-order valence-electron chi connectivity index (χ0n) is 13.3. The SMILES string of the molecule is COC(=O)Cc1csc(NCC2(CC(C)C)CCCC2)n1. The number of hydrogen-bond donors (Lipinski definition) is 1. The highest BCUT2D eigenvalue weighted by Gasteiger charge is 2.34. The Morgan fingerprint density at radius 1 is 1.48 bits per heavy atom. The van der Waals surface area contributed by atoms with Gasteiger partial charge in [0, 0.05) is 11.9 Å². The number of esters is 1. The Kier molecular flexibility index (Phi) is 5.62. The fourth-order valence-corrected chi connectivity index (χ4v) is 4.11. The van der Waals surface area contributed by atoms with E-state index in [2.05, 4.69) is 28.9 Å². The number of rotatable bonds is 7. The summed E-state index contributed by atoms with van der Waals surface area (Å²) in [5.74, 6) is 0.495. The maximum Gasteiger partial charge on any atom is 0.311 e. The normalized spacial score (nSPS) is 17.1. The van der Waals surface area contributed by atoms with Gasteiger partial charge in [-0.15, -0.1) is 11.3 Å². The lowest BCUT2D eigenvalue weighted by atomic mass is 9.78. The molecule has 1 aromatic heterocycles. The summed E-state index contributed by atoms with van der Waals surface area (Å²) in [6.45, 7) is 5.60. The van der Waals surface area contributed by atoms with E-state index in [0.29, 0.717) is 5.41 Å². The minimum Gasteiger partial charge on any atom is -0.469 e. The zero-order valence-corrected chi connectivity index (χ0v) is 14.1. The molecule has 0 spiro atoms. The second kappa shape index (κ2) is 7.25. The molecule has 4 nitrogen and oxygen atoms in total. The molecular formula is C16H26N2O2S. The number of anilines is 1. The van der Waals surface area contributed by atoms with Gasteiger partial charge in [0.05, 0.1) is 19.2 Å². The third-order valence-electron chi connectivity index (χ3n) is 4.22. The summed E-state index contributed by atoms with van der Waals surface area (Å²) in [4.78, 5) is 15.7. The van der Waals surface area contributed by atoms with E-state index in [1.165, 1.54) is 39.2 Å². The maximum atomic E-state index is 11.3. The number of aromatic nitrogens is 1. The number of carbonyl (C=O) groups excluding carboxylic acids is 1. The number of carbonyl (C=O) groups is 1. The van der Waals surface area contributed by atoms with Gasteiger partial charge in [0.1, 0.15) is 0 Å². The molecular weight excluding hydrogens is 284 g/mol. The molecule has 2 rings (SSSR count). The van der Waals surface area contributed by atoms with E-state index in [1.54, 1.807) is 11.3 Å². The summed E-state index contributed by atoms with van der Waals surface area (Å²) >= 11 is 1.57. The van der Waals surface area contributed by atoms with Gasteiger partial charge in [-0.25, -0.2) is 4.98 Å². The largest absolute Gasteiger partial charge is 0.469 e. The van der Waals surface area contributed by atoms with Gasteiger partial charge in [0.2, 0.25) is 0 Å². The van der Waals surface area contributed by atoms with Crippen LogP contribution in [0, 0.1) is 11.3 Å². The van der Waals surface area contributed by atoms with Crippen LogP contribution in [0.4, 0.5) is 5.13 Å². The van der Waals surface area contributed by atoms with Crippen LogP contribution in [-0.4, -0.2) is 24.6 Å². The van der Waals surface area contributed by atoms with Gasteiger partial charge in [0.25, 0.3) is 0 Å². The first-order valence-corrected chi connectivity index (χ1v) is 8.66. The van der Waals surface area contributed by atoms with Crippen LogP contribution in [0.3, 0.4) is 0 Å². The van der Waals surface area contributed by atoms with Crippen molar-refractivity contribution in [1.82, 2.24) is 4.98 Å². The van der Waals surface area contributed by atoms with Crippen molar-refractivity contribution in [1.29, 1.82) is 0 Å². The Labute approximate surface area is 131 Å². The van der Waals surface area contributed by atoms with Crippen LogP contribution in [0.25, 0.3) is 0 Å². The highest BCUT2D eigenvalue weighted by molar-refractivity contribution is 7.13. The van der Waals surface area contributed by atoms with Crippen molar-refractivity contribution in [2.45, 2.75) is 52.4 Å². The van der Waals surface area contributed by atoms with Crippen LogP contribution in [-0.2, 0) is 16.0 Å². The van der Waals surface area contributed by atoms with Crippen LogP contribution >= 0.6 is 11.3 Å². The fraction of sp³-hybridized carbons (Fsp3) is 0.750. The van der Waals surface area contributed by atoms with E-state index in [4.69, 9.17) is 0 Å². The molecule has 1 aromatic rings.